The van der Waals surface area contributed by atoms with Crippen LogP contribution < -0.4 is 5.56 Å². The molecule has 0 aliphatic carbocycles. The Kier molecular flexibility index (Phi) is 8.17. The Labute approximate surface area is 165 Å². The van der Waals surface area contributed by atoms with Gasteiger partial charge in [-0.25, -0.2) is 4.98 Å². The Bertz CT molecular complexity index is 872. The van der Waals surface area contributed by atoms with Gasteiger partial charge in [0.1, 0.15) is 5.69 Å². The van der Waals surface area contributed by atoms with Gasteiger partial charge in [-0.05, 0) is 32.4 Å². The zero-order chi connectivity index (χ0) is 20.5. The fourth-order valence-electron chi connectivity index (χ4n) is 3.05. The molecule has 7 heteroatoms. The summed E-state index contributed by atoms with van der Waals surface area (Å²) in [4.78, 5) is 42.8. The van der Waals surface area contributed by atoms with Gasteiger partial charge in [0.2, 0.25) is 0 Å². The van der Waals surface area contributed by atoms with Crippen LogP contribution in [0.2, 0.25) is 0 Å². The maximum Gasteiger partial charge on any atom is 0.306 e. The summed E-state index contributed by atoms with van der Waals surface area (Å²) in [5.41, 5.74) is 1.72. The predicted octanol–water partition coefficient (Wildman–Crippen LogP) is 2.54. The molecule has 28 heavy (non-hydrogen) atoms. The lowest BCUT2D eigenvalue weighted by Gasteiger charge is -2.18. The van der Waals surface area contributed by atoms with Crippen LogP contribution in [0.4, 0.5) is 0 Å². The molecule has 0 aliphatic rings. The Morgan fingerprint density at radius 1 is 1.14 bits per heavy atom. The van der Waals surface area contributed by atoms with Crippen molar-refractivity contribution in [3.8, 4) is 0 Å². The third kappa shape index (κ3) is 5.41. The Morgan fingerprint density at radius 2 is 1.86 bits per heavy atom. The summed E-state index contributed by atoms with van der Waals surface area (Å²) < 4.78 is 6.80. The van der Waals surface area contributed by atoms with E-state index >= 15 is 0 Å². The van der Waals surface area contributed by atoms with Crippen molar-refractivity contribution >= 4 is 22.9 Å². The number of likely N-dealkylation sites (N-methyl/N-ethyl adjacent to an activating group) is 1. The second-order valence-corrected chi connectivity index (χ2v) is 6.58. The van der Waals surface area contributed by atoms with E-state index in [4.69, 9.17) is 4.74 Å². The van der Waals surface area contributed by atoms with E-state index in [1.54, 1.807) is 9.47 Å². The predicted molar refractivity (Wildman–Crippen MR) is 108 cm³/mol. The molecular formula is C21H29N3O4. The van der Waals surface area contributed by atoms with Crippen molar-refractivity contribution in [1.82, 2.24) is 14.5 Å². The molecule has 1 heterocycles. The number of benzene rings is 1. The Balaban J connectivity index is 2.07. The van der Waals surface area contributed by atoms with Crippen molar-refractivity contribution in [3.05, 3.63) is 40.3 Å². The lowest BCUT2D eigenvalue weighted by atomic mass is 10.2. The molecule has 1 aromatic heterocycles. The van der Waals surface area contributed by atoms with E-state index < -0.39 is 5.97 Å². The van der Waals surface area contributed by atoms with Crippen LogP contribution in [0.25, 0.3) is 11.0 Å². The number of rotatable bonds is 10. The van der Waals surface area contributed by atoms with Gasteiger partial charge in [-0.3, -0.25) is 14.4 Å². The number of nitrogens with zero attached hydrogens (tertiary/aromatic N) is 3. The molecule has 1 amide bonds. The molecule has 7 nitrogen and oxygen atoms in total. The first-order chi connectivity index (χ1) is 13.5. The zero-order valence-corrected chi connectivity index (χ0v) is 16.9. The number of amides is 1. The SMILES string of the molecule is CCCCn1c(=O)c(CCC(=O)OCC(=O)N(CC)CC)nc2ccccc21. The van der Waals surface area contributed by atoms with E-state index in [-0.39, 0.29) is 30.9 Å². The van der Waals surface area contributed by atoms with Crippen molar-refractivity contribution in [2.24, 2.45) is 0 Å². The molecule has 0 saturated heterocycles. The average molecular weight is 387 g/mol. The minimum absolute atomic E-state index is 0.0138. The van der Waals surface area contributed by atoms with Crippen LogP contribution in [-0.4, -0.2) is 46.0 Å². The van der Waals surface area contributed by atoms with Crippen molar-refractivity contribution in [2.75, 3.05) is 19.7 Å². The largest absolute Gasteiger partial charge is 0.456 e. The fraction of sp³-hybridized carbons (Fsp3) is 0.524. The number of esters is 1. The maximum absolute atomic E-state index is 12.8. The summed E-state index contributed by atoms with van der Waals surface area (Å²) in [5, 5.41) is 0. The topological polar surface area (TPSA) is 81.5 Å². The molecule has 0 unspecified atom stereocenters. The number of aromatic nitrogens is 2. The van der Waals surface area contributed by atoms with Crippen molar-refractivity contribution in [3.63, 3.8) is 0 Å². The van der Waals surface area contributed by atoms with Gasteiger partial charge in [-0.15, -0.1) is 0 Å². The summed E-state index contributed by atoms with van der Waals surface area (Å²) in [5.74, 6) is -0.723. The van der Waals surface area contributed by atoms with E-state index in [9.17, 15) is 14.4 Å². The molecule has 0 N–H and O–H groups in total. The number of unbranched alkanes of at least 4 members (excludes halogenated alkanes) is 1. The van der Waals surface area contributed by atoms with Gasteiger partial charge in [0.05, 0.1) is 17.5 Å². The molecule has 0 aliphatic heterocycles. The normalized spacial score (nSPS) is 10.8. The Hall–Kier alpha value is -2.70. The molecule has 2 rings (SSSR count). The molecule has 0 atom stereocenters. The first kappa shape index (κ1) is 21.6. The molecule has 0 radical (unpaired) electrons. The van der Waals surface area contributed by atoms with E-state index in [1.165, 1.54) is 0 Å². The monoisotopic (exact) mass is 387 g/mol. The van der Waals surface area contributed by atoms with Crippen LogP contribution in [0, 0.1) is 0 Å². The molecule has 0 saturated carbocycles. The van der Waals surface area contributed by atoms with Gasteiger partial charge in [-0.1, -0.05) is 25.5 Å². The quantitative estimate of drug-likeness (QED) is 0.585. The number of carbonyl (C=O) groups excluding carboxylic acids is 2. The second-order valence-electron chi connectivity index (χ2n) is 6.58. The van der Waals surface area contributed by atoms with Crippen LogP contribution >= 0.6 is 0 Å². The summed E-state index contributed by atoms with van der Waals surface area (Å²) in [6.45, 7) is 7.32. The number of aryl methyl sites for hydroxylation is 2. The van der Waals surface area contributed by atoms with Crippen LogP contribution in [0.5, 0.6) is 0 Å². The molecule has 0 bridgehead atoms. The summed E-state index contributed by atoms with van der Waals surface area (Å²) in [7, 11) is 0. The minimum atomic E-state index is -0.505. The van der Waals surface area contributed by atoms with E-state index in [0.29, 0.717) is 25.3 Å². The van der Waals surface area contributed by atoms with Gasteiger partial charge >= 0.3 is 5.97 Å². The highest BCUT2D eigenvalue weighted by Gasteiger charge is 2.15. The standard InChI is InChI=1S/C21H29N3O4/c1-4-7-14-24-18-11-9-8-10-16(18)22-17(21(24)27)12-13-20(26)28-15-19(25)23(5-2)6-3/h8-11H,4-7,12-15H2,1-3H3. The van der Waals surface area contributed by atoms with Crippen LogP contribution in [-0.2, 0) is 27.3 Å². The highest BCUT2D eigenvalue weighted by molar-refractivity contribution is 5.80. The van der Waals surface area contributed by atoms with E-state index in [0.717, 1.165) is 23.9 Å². The van der Waals surface area contributed by atoms with Gasteiger partial charge in [-0.2, -0.15) is 0 Å². The number of hydrogen-bond donors (Lipinski definition) is 0. The first-order valence-electron chi connectivity index (χ1n) is 9.93. The minimum Gasteiger partial charge on any atom is -0.456 e. The number of fused-ring (bicyclic) bond motifs is 1. The lowest BCUT2D eigenvalue weighted by Crippen LogP contribution is -2.34. The van der Waals surface area contributed by atoms with Crippen molar-refractivity contribution in [2.45, 2.75) is 53.0 Å². The molecule has 2 aromatic rings. The molecular weight excluding hydrogens is 358 g/mol. The first-order valence-corrected chi connectivity index (χ1v) is 9.93. The van der Waals surface area contributed by atoms with Gasteiger partial charge in [0, 0.05) is 26.1 Å². The van der Waals surface area contributed by atoms with E-state index in [1.807, 2.05) is 38.1 Å². The number of para-hydroxylation sites is 2. The second kappa shape index (κ2) is 10.6. The average Bonchev–Trinajstić information content (AvgIpc) is 2.71. The zero-order valence-electron chi connectivity index (χ0n) is 16.9. The van der Waals surface area contributed by atoms with Crippen LogP contribution in [0.1, 0.15) is 45.7 Å². The van der Waals surface area contributed by atoms with Crippen molar-refractivity contribution < 1.29 is 14.3 Å². The lowest BCUT2D eigenvalue weighted by molar-refractivity contribution is -0.151. The number of carbonyl (C=O) groups is 2. The molecule has 0 fully saturated rings. The summed E-state index contributed by atoms with van der Waals surface area (Å²) in [6, 6.07) is 7.51. The van der Waals surface area contributed by atoms with Gasteiger partial charge < -0.3 is 14.2 Å². The molecule has 0 spiro atoms. The summed E-state index contributed by atoms with van der Waals surface area (Å²) in [6.07, 6.45) is 2.07. The van der Waals surface area contributed by atoms with Gasteiger partial charge in [0.15, 0.2) is 6.61 Å². The third-order valence-corrected chi connectivity index (χ3v) is 4.69. The van der Waals surface area contributed by atoms with Crippen LogP contribution in [0.3, 0.4) is 0 Å². The number of hydrogen-bond acceptors (Lipinski definition) is 5. The van der Waals surface area contributed by atoms with Gasteiger partial charge in [0.25, 0.3) is 11.5 Å². The third-order valence-electron chi connectivity index (χ3n) is 4.69. The fourth-order valence-corrected chi connectivity index (χ4v) is 3.05. The number of ether oxygens (including phenoxy) is 1. The smallest absolute Gasteiger partial charge is 0.306 e. The van der Waals surface area contributed by atoms with Crippen molar-refractivity contribution in [1.29, 1.82) is 0 Å². The maximum atomic E-state index is 12.8. The Morgan fingerprint density at radius 3 is 2.54 bits per heavy atom. The molecule has 1 aromatic carbocycles. The highest BCUT2D eigenvalue weighted by Crippen LogP contribution is 2.12. The van der Waals surface area contributed by atoms with Crippen LogP contribution in [0.15, 0.2) is 29.1 Å². The molecule has 152 valence electrons. The summed E-state index contributed by atoms with van der Waals surface area (Å²) >= 11 is 0. The highest BCUT2D eigenvalue weighted by atomic mass is 16.5. The van der Waals surface area contributed by atoms with E-state index in [2.05, 4.69) is 11.9 Å².